The topological polar surface area (TPSA) is 61.6 Å². The second-order valence-corrected chi connectivity index (χ2v) is 6.81. The predicted molar refractivity (Wildman–Crippen MR) is 84.6 cm³/mol. The largest absolute Gasteiger partial charge is 0.447 e. The molecule has 0 aromatic heterocycles. The Morgan fingerprint density at radius 1 is 0.952 bits per heavy atom. The minimum Gasteiger partial charge on any atom is -0.415 e. The van der Waals surface area contributed by atoms with Crippen molar-refractivity contribution < 1.29 is 13.6 Å². The van der Waals surface area contributed by atoms with E-state index in [-0.39, 0.29) is 0 Å². The lowest BCUT2D eigenvalue weighted by Crippen LogP contribution is -2.25. The van der Waals surface area contributed by atoms with Crippen molar-refractivity contribution in [2.75, 3.05) is 0 Å². The quantitative estimate of drug-likeness (QED) is 0.769. The summed E-state index contributed by atoms with van der Waals surface area (Å²) in [6, 6.07) is 17.9. The Labute approximate surface area is 125 Å². The smallest absolute Gasteiger partial charge is 0.415 e. The van der Waals surface area contributed by atoms with Gasteiger partial charge in [-0.1, -0.05) is 49.7 Å². The van der Waals surface area contributed by atoms with Crippen molar-refractivity contribution in [2.24, 2.45) is 5.73 Å². The van der Waals surface area contributed by atoms with Crippen LogP contribution >= 0.6 is 7.60 Å². The number of nitrogens with two attached hydrogens (primary N) is 1. The van der Waals surface area contributed by atoms with E-state index in [1.54, 1.807) is 24.3 Å². The zero-order valence-electron chi connectivity index (χ0n) is 12.0. The van der Waals surface area contributed by atoms with E-state index < -0.39 is 13.4 Å². The van der Waals surface area contributed by atoms with E-state index >= 15 is 0 Å². The maximum atomic E-state index is 13.1. The lowest BCUT2D eigenvalue weighted by molar-refractivity contribution is 0.368. The first-order valence-corrected chi connectivity index (χ1v) is 8.60. The summed E-state index contributed by atoms with van der Waals surface area (Å²) in [5.74, 6) is 0.314. The fraction of sp³-hybridized carbons (Fsp3) is 0.250. The molecular formula is C16H20NO3P. The Balaban J connectivity index is 2.24. The lowest BCUT2D eigenvalue weighted by atomic mass is 10.3. The molecule has 0 heterocycles. The van der Waals surface area contributed by atoms with Crippen molar-refractivity contribution in [3.63, 3.8) is 0 Å². The zero-order chi connectivity index (χ0) is 15.1. The van der Waals surface area contributed by atoms with Gasteiger partial charge in [0.2, 0.25) is 0 Å². The number of rotatable bonds is 7. The maximum Gasteiger partial charge on any atom is 0.447 e. The fourth-order valence-electron chi connectivity index (χ4n) is 1.86. The van der Waals surface area contributed by atoms with Crippen LogP contribution in [0, 0.1) is 0 Å². The van der Waals surface area contributed by atoms with Gasteiger partial charge < -0.3 is 14.8 Å². The second kappa shape index (κ2) is 7.30. The summed E-state index contributed by atoms with van der Waals surface area (Å²) in [7, 11) is -3.49. The van der Waals surface area contributed by atoms with E-state index in [1.165, 1.54) is 0 Å². The van der Waals surface area contributed by atoms with E-state index in [1.807, 2.05) is 43.3 Å². The predicted octanol–water partition coefficient (Wildman–Crippen LogP) is 4.42. The average molecular weight is 305 g/mol. The summed E-state index contributed by atoms with van der Waals surface area (Å²) >= 11 is 0. The van der Waals surface area contributed by atoms with Gasteiger partial charge in [0.1, 0.15) is 17.3 Å². The number of benzene rings is 2. The fourth-order valence-corrected chi connectivity index (χ4v) is 3.58. The molecule has 0 bridgehead atoms. The normalized spacial score (nSPS) is 12.7. The molecule has 0 aliphatic heterocycles. The van der Waals surface area contributed by atoms with Crippen molar-refractivity contribution in [1.29, 1.82) is 0 Å². The molecule has 0 aliphatic rings. The summed E-state index contributed by atoms with van der Waals surface area (Å²) in [5.41, 5.74) is 6.05. The molecule has 2 rings (SSSR count). The van der Waals surface area contributed by atoms with Gasteiger partial charge in [-0.2, -0.15) is 0 Å². The molecule has 21 heavy (non-hydrogen) atoms. The minimum absolute atomic E-state index is 0.489. The van der Waals surface area contributed by atoms with Gasteiger partial charge in [-0.25, -0.2) is 4.57 Å². The summed E-state index contributed by atoms with van der Waals surface area (Å²) < 4.78 is 24.3. The van der Waals surface area contributed by atoms with Crippen molar-refractivity contribution in [1.82, 2.24) is 0 Å². The lowest BCUT2D eigenvalue weighted by Gasteiger charge is -2.24. The molecule has 0 spiro atoms. The molecule has 0 fully saturated rings. The second-order valence-electron chi connectivity index (χ2n) is 4.70. The Hall–Kier alpha value is -1.77. The van der Waals surface area contributed by atoms with Crippen LogP contribution in [0.4, 0.5) is 0 Å². The number of para-hydroxylation sites is 2. The third-order valence-electron chi connectivity index (χ3n) is 2.94. The zero-order valence-corrected chi connectivity index (χ0v) is 12.9. The van der Waals surface area contributed by atoms with E-state index in [4.69, 9.17) is 14.8 Å². The Bertz CT molecular complexity index is 543. The third-order valence-corrected chi connectivity index (χ3v) is 4.94. The van der Waals surface area contributed by atoms with Crippen molar-refractivity contribution in [2.45, 2.75) is 25.5 Å². The molecule has 4 nitrogen and oxygen atoms in total. The van der Waals surface area contributed by atoms with Crippen molar-refractivity contribution in [3.05, 3.63) is 60.7 Å². The van der Waals surface area contributed by atoms with Gasteiger partial charge in [0, 0.05) is 0 Å². The Morgan fingerprint density at radius 3 is 1.76 bits per heavy atom. The molecule has 0 aliphatic carbocycles. The molecule has 0 radical (unpaired) electrons. The summed E-state index contributed by atoms with van der Waals surface area (Å²) in [6.07, 6.45) is 1.37. The molecule has 112 valence electrons. The standard InChI is InChI=1S/C16H20NO3P/c1-2-9-16(17)21(18,19-14-10-5-3-6-11-14)20-15-12-7-4-8-13-15/h3-8,10-13,16H,2,9,17H2,1H3. The van der Waals surface area contributed by atoms with Crippen LogP contribution in [-0.2, 0) is 4.57 Å². The maximum absolute atomic E-state index is 13.1. The van der Waals surface area contributed by atoms with Crippen LogP contribution in [0.5, 0.6) is 11.5 Å². The van der Waals surface area contributed by atoms with Crippen molar-refractivity contribution in [3.8, 4) is 11.5 Å². The van der Waals surface area contributed by atoms with Gasteiger partial charge >= 0.3 is 7.60 Å². The highest BCUT2D eigenvalue weighted by molar-refractivity contribution is 7.55. The first-order chi connectivity index (χ1) is 10.1. The van der Waals surface area contributed by atoms with Crippen molar-refractivity contribution >= 4 is 7.60 Å². The van der Waals surface area contributed by atoms with Crippen LogP contribution in [0.25, 0.3) is 0 Å². The molecule has 1 atom stereocenters. The van der Waals surface area contributed by atoms with Crippen LogP contribution in [-0.4, -0.2) is 5.78 Å². The van der Waals surface area contributed by atoms with Gasteiger partial charge in [0.05, 0.1) is 0 Å². The molecule has 2 N–H and O–H groups in total. The van der Waals surface area contributed by atoms with Crippen LogP contribution in [0.3, 0.4) is 0 Å². The molecule has 2 aromatic rings. The van der Waals surface area contributed by atoms with Gasteiger partial charge in [-0.05, 0) is 30.7 Å². The Morgan fingerprint density at radius 2 is 1.38 bits per heavy atom. The summed E-state index contributed by atoms with van der Waals surface area (Å²) in [5, 5.41) is 0. The van der Waals surface area contributed by atoms with Gasteiger partial charge in [0.15, 0.2) is 0 Å². The molecule has 5 heteroatoms. The van der Waals surface area contributed by atoms with E-state index in [0.29, 0.717) is 17.9 Å². The highest BCUT2D eigenvalue weighted by Gasteiger charge is 2.36. The summed E-state index contributed by atoms with van der Waals surface area (Å²) in [6.45, 7) is 1.98. The molecule has 0 amide bonds. The number of hydrogen-bond acceptors (Lipinski definition) is 4. The third kappa shape index (κ3) is 4.35. The minimum atomic E-state index is -3.49. The first kappa shape index (κ1) is 15.6. The van der Waals surface area contributed by atoms with Gasteiger partial charge in [-0.15, -0.1) is 0 Å². The first-order valence-electron chi connectivity index (χ1n) is 6.98. The van der Waals surface area contributed by atoms with E-state index in [9.17, 15) is 4.57 Å². The molecule has 0 saturated heterocycles. The van der Waals surface area contributed by atoms with Crippen LogP contribution in [0.15, 0.2) is 60.7 Å². The van der Waals surface area contributed by atoms with Crippen LogP contribution in [0.2, 0.25) is 0 Å². The van der Waals surface area contributed by atoms with E-state index in [2.05, 4.69) is 0 Å². The Kier molecular flexibility index (Phi) is 5.43. The molecule has 1 unspecified atom stereocenters. The average Bonchev–Trinajstić information content (AvgIpc) is 2.49. The highest BCUT2D eigenvalue weighted by Crippen LogP contribution is 2.52. The molecule has 2 aromatic carbocycles. The number of hydrogen-bond donors (Lipinski definition) is 1. The van der Waals surface area contributed by atoms with Crippen LogP contribution < -0.4 is 14.8 Å². The van der Waals surface area contributed by atoms with Gasteiger partial charge in [0.25, 0.3) is 0 Å². The summed E-state index contributed by atoms with van der Waals surface area (Å²) in [4.78, 5) is 0. The van der Waals surface area contributed by atoms with E-state index in [0.717, 1.165) is 6.42 Å². The SMILES string of the molecule is CCCC(N)P(=O)(Oc1ccccc1)Oc1ccccc1. The van der Waals surface area contributed by atoms with Gasteiger partial charge in [-0.3, -0.25) is 0 Å². The molecular weight excluding hydrogens is 285 g/mol. The van der Waals surface area contributed by atoms with Crippen LogP contribution in [0.1, 0.15) is 19.8 Å². The monoisotopic (exact) mass is 305 g/mol. The molecule has 0 saturated carbocycles. The highest BCUT2D eigenvalue weighted by atomic mass is 31.2.